The van der Waals surface area contributed by atoms with E-state index in [0.717, 1.165) is 33.4 Å². The van der Waals surface area contributed by atoms with E-state index in [4.69, 9.17) is 4.98 Å². The van der Waals surface area contributed by atoms with Gasteiger partial charge < -0.3 is 15.6 Å². The first kappa shape index (κ1) is 17.2. The molecule has 0 saturated carbocycles. The second-order valence-corrected chi connectivity index (χ2v) is 7.17. The number of aromatic nitrogens is 3. The van der Waals surface area contributed by atoms with Crippen LogP contribution in [0.25, 0.3) is 16.3 Å². The maximum absolute atomic E-state index is 11.3. The predicted molar refractivity (Wildman–Crippen MR) is 107 cm³/mol. The van der Waals surface area contributed by atoms with Gasteiger partial charge in [0.2, 0.25) is 5.91 Å². The maximum atomic E-state index is 11.3. The maximum Gasteiger partial charge on any atom is 0.222 e. The summed E-state index contributed by atoms with van der Waals surface area (Å²) in [4.78, 5) is 24.9. The molecule has 3 N–H and O–H groups in total. The Labute approximate surface area is 161 Å². The highest BCUT2D eigenvalue weighted by Crippen LogP contribution is 2.34. The van der Waals surface area contributed by atoms with Crippen LogP contribution in [0.4, 0.5) is 0 Å². The SMILES string of the molecule is CC(=O)NC1=CC(c2nc(Cc3ccccc3)c(-c3ncc[nH]3)s2)=CCN1. The van der Waals surface area contributed by atoms with E-state index in [1.165, 1.54) is 12.5 Å². The van der Waals surface area contributed by atoms with E-state index in [2.05, 4.69) is 38.8 Å². The zero-order valence-electron chi connectivity index (χ0n) is 14.8. The smallest absolute Gasteiger partial charge is 0.222 e. The molecule has 0 atom stereocenters. The molecule has 27 heavy (non-hydrogen) atoms. The van der Waals surface area contributed by atoms with Crippen LogP contribution < -0.4 is 10.6 Å². The van der Waals surface area contributed by atoms with Crippen LogP contribution in [0, 0.1) is 0 Å². The topological polar surface area (TPSA) is 82.7 Å². The summed E-state index contributed by atoms with van der Waals surface area (Å²) in [6, 6.07) is 10.3. The highest BCUT2D eigenvalue weighted by Gasteiger charge is 2.18. The second kappa shape index (κ2) is 7.59. The Hall–Kier alpha value is -3.19. The average molecular weight is 377 g/mol. The summed E-state index contributed by atoms with van der Waals surface area (Å²) in [6.45, 7) is 2.14. The number of H-pyrrole nitrogens is 1. The molecule has 7 heteroatoms. The van der Waals surface area contributed by atoms with Gasteiger partial charge in [-0.05, 0) is 11.6 Å². The molecule has 0 saturated heterocycles. The molecule has 6 nitrogen and oxygen atoms in total. The van der Waals surface area contributed by atoms with Crippen LogP contribution in [0.5, 0.6) is 0 Å². The number of nitrogens with one attached hydrogen (secondary N) is 3. The van der Waals surface area contributed by atoms with Gasteiger partial charge in [0.1, 0.15) is 16.7 Å². The quantitative estimate of drug-likeness (QED) is 0.638. The molecule has 1 aliphatic rings. The molecular weight excluding hydrogens is 358 g/mol. The Morgan fingerprint density at radius 3 is 2.89 bits per heavy atom. The molecule has 0 radical (unpaired) electrons. The standard InChI is InChI=1S/C20H19N5OS/c1-13(26)24-17-12-15(7-8-21-17)20-25-16(11-14-5-3-2-4-6-14)18(27-20)19-22-9-10-23-19/h2-7,9-10,12,21H,8,11H2,1H3,(H,22,23)(H,24,26). The molecule has 0 spiro atoms. The lowest BCUT2D eigenvalue weighted by Crippen LogP contribution is -2.31. The van der Waals surface area contributed by atoms with E-state index in [-0.39, 0.29) is 5.91 Å². The number of allylic oxidation sites excluding steroid dienone is 2. The van der Waals surface area contributed by atoms with Gasteiger partial charge >= 0.3 is 0 Å². The Morgan fingerprint density at radius 1 is 1.30 bits per heavy atom. The van der Waals surface area contributed by atoms with E-state index >= 15 is 0 Å². The molecule has 0 bridgehead atoms. The monoisotopic (exact) mass is 377 g/mol. The highest BCUT2D eigenvalue weighted by molar-refractivity contribution is 7.16. The summed E-state index contributed by atoms with van der Waals surface area (Å²) in [6.07, 6.45) is 8.30. The van der Waals surface area contributed by atoms with Crippen molar-refractivity contribution in [1.82, 2.24) is 25.6 Å². The van der Waals surface area contributed by atoms with Gasteiger partial charge in [-0.25, -0.2) is 9.97 Å². The first-order chi connectivity index (χ1) is 13.2. The number of hydrogen-bond acceptors (Lipinski definition) is 5. The van der Waals surface area contributed by atoms with E-state index in [1.54, 1.807) is 17.5 Å². The molecule has 3 aromatic rings. The van der Waals surface area contributed by atoms with Crippen molar-refractivity contribution >= 4 is 22.8 Å². The van der Waals surface area contributed by atoms with Gasteiger partial charge in [-0.1, -0.05) is 36.4 Å². The van der Waals surface area contributed by atoms with Crippen LogP contribution >= 0.6 is 11.3 Å². The Balaban J connectivity index is 1.70. The molecule has 4 rings (SSSR count). The van der Waals surface area contributed by atoms with Gasteiger partial charge in [0.05, 0.1) is 10.6 Å². The van der Waals surface area contributed by atoms with Crippen LogP contribution in [0.15, 0.2) is 60.7 Å². The van der Waals surface area contributed by atoms with Gasteiger partial charge in [0, 0.05) is 37.9 Å². The number of rotatable bonds is 5. The van der Waals surface area contributed by atoms with Gasteiger partial charge in [-0.2, -0.15) is 0 Å². The van der Waals surface area contributed by atoms with E-state index in [1.807, 2.05) is 30.5 Å². The zero-order chi connectivity index (χ0) is 18.6. The van der Waals surface area contributed by atoms with Crippen molar-refractivity contribution in [3.05, 3.63) is 77.0 Å². The number of hydrogen-bond donors (Lipinski definition) is 3. The summed E-state index contributed by atoms with van der Waals surface area (Å²) in [5.41, 5.74) is 3.19. The van der Waals surface area contributed by atoms with Crippen LogP contribution in [0.3, 0.4) is 0 Å². The molecule has 1 aliphatic heterocycles. The Kier molecular flexibility index (Phi) is 4.84. The zero-order valence-corrected chi connectivity index (χ0v) is 15.6. The Morgan fingerprint density at radius 2 is 2.15 bits per heavy atom. The molecule has 3 heterocycles. The number of carbonyl (C=O) groups excluding carboxylic acids is 1. The lowest BCUT2D eigenvalue weighted by atomic mass is 10.1. The molecule has 2 aromatic heterocycles. The fraction of sp³-hybridized carbons (Fsp3) is 0.150. The third-order valence-electron chi connectivity index (χ3n) is 4.10. The summed E-state index contributed by atoms with van der Waals surface area (Å²) < 4.78 is 0. The van der Waals surface area contributed by atoms with Crippen molar-refractivity contribution in [2.75, 3.05) is 6.54 Å². The fourth-order valence-corrected chi connectivity index (χ4v) is 3.97. The van der Waals surface area contributed by atoms with Crippen molar-refractivity contribution in [2.24, 2.45) is 0 Å². The van der Waals surface area contributed by atoms with Gasteiger partial charge in [-0.3, -0.25) is 4.79 Å². The Bertz CT molecular complexity index is 1000. The summed E-state index contributed by atoms with van der Waals surface area (Å²) >= 11 is 1.61. The van der Waals surface area contributed by atoms with E-state index < -0.39 is 0 Å². The number of thiazole rings is 1. The normalized spacial score (nSPS) is 13.5. The van der Waals surface area contributed by atoms with E-state index in [0.29, 0.717) is 12.4 Å². The van der Waals surface area contributed by atoms with Crippen molar-refractivity contribution in [3.63, 3.8) is 0 Å². The lowest BCUT2D eigenvalue weighted by Gasteiger charge is -2.15. The molecule has 136 valence electrons. The van der Waals surface area contributed by atoms with Crippen LogP contribution in [0.1, 0.15) is 23.2 Å². The van der Waals surface area contributed by atoms with Crippen LogP contribution in [0.2, 0.25) is 0 Å². The number of dihydropyridines is 1. The number of imidazole rings is 1. The van der Waals surface area contributed by atoms with Crippen molar-refractivity contribution in [2.45, 2.75) is 13.3 Å². The van der Waals surface area contributed by atoms with Crippen molar-refractivity contribution < 1.29 is 4.79 Å². The molecule has 0 fully saturated rings. The average Bonchev–Trinajstić information content (AvgIpc) is 3.32. The number of nitrogens with zero attached hydrogens (tertiary/aromatic N) is 2. The van der Waals surface area contributed by atoms with Crippen molar-refractivity contribution in [3.8, 4) is 10.7 Å². The predicted octanol–water partition coefficient (Wildman–Crippen LogP) is 3.09. The summed E-state index contributed by atoms with van der Waals surface area (Å²) in [5, 5.41) is 6.86. The third-order valence-corrected chi connectivity index (χ3v) is 5.25. The van der Waals surface area contributed by atoms with Crippen LogP contribution in [-0.2, 0) is 11.2 Å². The minimum atomic E-state index is -0.102. The van der Waals surface area contributed by atoms with Crippen LogP contribution in [-0.4, -0.2) is 27.4 Å². The number of aromatic amines is 1. The first-order valence-electron chi connectivity index (χ1n) is 8.66. The first-order valence-corrected chi connectivity index (χ1v) is 9.48. The number of amides is 1. The molecular formula is C20H19N5OS. The fourth-order valence-electron chi connectivity index (χ4n) is 2.91. The van der Waals surface area contributed by atoms with Gasteiger partial charge in [-0.15, -0.1) is 11.3 Å². The largest absolute Gasteiger partial charge is 0.368 e. The molecule has 1 amide bonds. The van der Waals surface area contributed by atoms with E-state index in [9.17, 15) is 4.79 Å². The number of benzene rings is 1. The second-order valence-electron chi connectivity index (χ2n) is 6.17. The molecule has 0 unspecified atom stereocenters. The third kappa shape index (κ3) is 3.98. The highest BCUT2D eigenvalue weighted by atomic mass is 32.1. The van der Waals surface area contributed by atoms with Gasteiger partial charge in [0.25, 0.3) is 0 Å². The summed E-state index contributed by atoms with van der Waals surface area (Å²) in [5.74, 6) is 1.42. The molecule has 0 aliphatic carbocycles. The number of carbonyl (C=O) groups is 1. The molecule has 1 aromatic carbocycles. The minimum Gasteiger partial charge on any atom is -0.368 e. The van der Waals surface area contributed by atoms with Crippen molar-refractivity contribution in [1.29, 1.82) is 0 Å². The minimum absolute atomic E-state index is 0.102. The summed E-state index contributed by atoms with van der Waals surface area (Å²) in [7, 11) is 0. The lowest BCUT2D eigenvalue weighted by molar-refractivity contribution is -0.118. The van der Waals surface area contributed by atoms with Gasteiger partial charge in [0.15, 0.2) is 0 Å².